The summed E-state index contributed by atoms with van der Waals surface area (Å²) in [5.74, 6) is -1.01. The molecule has 0 bridgehead atoms. The number of esters is 1. The highest BCUT2D eigenvalue weighted by Crippen LogP contribution is 2.29. The highest BCUT2D eigenvalue weighted by Gasteiger charge is 2.30. The number of rotatable bonds is 6. The summed E-state index contributed by atoms with van der Waals surface area (Å²) >= 11 is 1.54. The molecule has 0 atom stereocenters. The highest BCUT2D eigenvalue weighted by atomic mass is 32.2. The van der Waals surface area contributed by atoms with Gasteiger partial charge in [-0.2, -0.15) is 13.2 Å². The minimum atomic E-state index is -4.42. The van der Waals surface area contributed by atoms with Crippen LogP contribution >= 0.6 is 11.8 Å². The first kappa shape index (κ1) is 19.1. The van der Waals surface area contributed by atoms with Crippen LogP contribution in [-0.2, 0) is 22.1 Å². The Labute approximate surface area is 147 Å². The maximum atomic E-state index is 12.5. The molecular weight excluding hydrogens is 353 g/mol. The second-order valence-corrected chi connectivity index (χ2v) is 6.06. The molecule has 2 rings (SSSR count). The predicted molar refractivity (Wildman–Crippen MR) is 88.7 cm³/mol. The van der Waals surface area contributed by atoms with Gasteiger partial charge in [0.25, 0.3) is 0 Å². The van der Waals surface area contributed by atoms with Gasteiger partial charge in [-0.05, 0) is 36.1 Å². The molecule has 7 heteroatoms. The number of ether oxygens (including phenoxy) is 1. The Morgan fingerprint density at radius 2 is 1.60 bits per heavy atom. The molecule has 0 aliphatic carbocycles. The van der Waals surface area contributed by atoms with Gasteiger partial charge >= 0.3 is 12.1 Å². The normalized spacial score (nSPS) is 11.2. The topological polar surface area (TPSA) is 43.4 Å². The van der Waals surface area contributed by atoms with E-state index in [0.29, 0.717) is 11.1 Å². The third-order valence-corrected chi connectivity index (χ3v) is 4.15. The molecule has 3 nitrogen and oxygen atoms in total. The third-order valence-electron chi connectivity index (χ3n) is 3.41. The van der Waals surface area contributed by atoms with Crippen LogP contribution in [0.3, 0.4) is 0 Å². The maximum absolute atomic E-state index is 12.5. The van der Waals surface area contributed by atoms with Crippen molar-refractivity contribution in [2.24, 2.45) is 0 Å². The number of halogens is 3. The molecule has 0 aliphatic heterocycles. The molecule has 0 radical (unpaired) electrons. The fourth-order valence-electron chi connectivity index (χ4n) is 2.04. The summed E-state index contributed by atoms with van der Waals surface area (Å²) in [4.78, 5) is 24.7. The summed E-state index contributed by atoms with van der Waals surface area (Å²) in [6.45, 7) is -0.405. The van der Waals surface area contributed by atoms with E-state index in [2.05, 4.69) is 0 Å². The Bertz CT molecular complexity index is 738. The molecule has 132 valence electrons. The van der Waals surface area contributed by atoms with Gasteiger partial charge in [0.1, 0.15) is 0 Å². The Morgan fingerprint density at radius 1 is 1.00 bits per heavy atom. The fraction of sp³-hybridized carbons (Fsp3) is 0.222. The highest BCUT2D eigenvalue weighted by molar-refractivity contribution is 7.98. The van der Waals surface area contributed by atoms with Crippen LogP contribution in [0.25, 0.3) is 0 Å². The van der Waals surface area contributed by atoms with Gasteiger partial charge in [0.15, 0.2) is 12.4 Å². The van der Waals surface area contributed by atoms with Crippen LogP contribution in [0.4, 0.5) is 13.2 Å². The summed E-state index contributed by atoms with van der Waals surface area (Å²) in [6.07, 6.45) is -2.70. The summed E-state index contributed by atoms with van der Waals surface area (Å²) in [5.41, 5.74) is 0.0309. The lowest BCUT2D eigenvalue weighted by Gasteiger charge is -2.08. The molecule has 0 aromatic heterocycles. The Kier molecular flexibility index (Phi) is 6.25. The number of hydrogen-bond acceptors (Lipinski definition) is 4. The molecule has 0 saturated carbocycles. The maximum Gasteiger partial charge on any atom is 0.416 e. The Hall–Kier alpha value is -2.28. The molecule has 0 spiro atoms. The number of benzene rings is 2. The van der Waals surface area contributed by atoms with Crippen molar-refractivity contribution >= 4 is 23.5 Å². The molecule has 2 aromatic carbocycles. The van der Waals surface area contributed by atoms with Crippen LogP contribution in [0.2, 0.25) is 0 Å². The smallest absolute Gasteiger partial charge is 0.416 e. The van der Waals surface area contributed by atoms with E-state index >= 15 is 0 Å². The van der Waals surface area contributed by atoms with Crippen LogP contribution in [-0.4, -0.2) is 24.6 Å². The van der Waals surface area contributed by atoms with E-state index < -0.39 is 24.3 Å². The van der Waals surface area contributed by atoms with Crippen molar-refractivity contribution in [1.82, 2.24) is 0 Å². The van der Waals surface area contributed by atoms with Gasteiger partial charge in [-0.1, -0.05) is 24.3 Å². The summed E-state index contributed by atoms with van der Waals surface area (Å²) in [6, 6.07) is 11.1. The van der Waals surface area contributed by atoms with Gasteiger partial charge < -0.3 is 4.74 Å². The van der Waals surface area contributed by atoms with E-state index in [0.717, 1.165) is 17.0 Å². The zero-order chi connectivity index (χ0) is 18.4. The van der Waals surface area contributed by atoms with Crippen molar-refractivity contribution in [3.05, 3.63) is 65.2 Å². The van der Waals surface area contributed by atoms with Crippen molar-refractivity contribution in [2.45, 2.75) is 17.5 Å². The summed E-state index contributed by atoms with van der Waals surface area (Å²) in [5, 5.41) is 0. The summed E-state index contributed by atoms with van der Waals surface area (Å²) < 4.78 is 42.3. The minimum Gasteiger partial charge on any atom is -0.457 e. The van der Waals surface area contributed by atoms with Gasteiger partial charge in [-0.25, -0.2) is 0 Å². The second kappa shape index (κ2) is 8.20. The fourth-order valence-corrected chi connectivity index (χ4v) is 2.44. The van der Waals surface area contributed by atoms with Crippen molar-refractivity contribution in [3.63, 3.8) is 0 Å². The van der Waals surface area contributed by atoms with E-state index in [1.807, 2.05) is 6.26 Å². The summed E-state index contributed by atoms with van der Waals surface area (Å²) in [7, 11) is 0. The SMILES string of the molecule is CSc1ccc(C(=O)COC(=O)Cc2ccc(C(F)(F)F)cc2)cc1. The van der Waals surface area contributed by atoms with E-state index in [1.54, 1.807) is 36.0 Å². The van der Waals surface area contributed by atoms with Crippen molar-refractivity contribution < 1.29 is 27.5 Å². The van der Waals surface area contributed by atoms with Gasteiger partial charge in [0.2, 0.25) is 0 Å². The Morgan fingerprint density at radius 3 is 2.12 bits per heavy atom. The van der Waals surface area contributed by atoms with Crippen LogP contribution in [0.5, 0.6) is 0 Å². The largest absolute Gasteiger partial charge is 0.457 e. The molecule has 0 fully saturated rings. The first-order valence-electron chi connectivity index (χ1n) is 7.28. The number of carbonyl (C=O) groups is 2. The molecule has 0 aliphatic rings. The average molecular weight is 368 g/mol. The van der Waals surface area contributed by atoms with Crippen LogP contribution in [0.15, 0.2) is 53.4 Å². The first-order chi connectivity index (χ1) is 11.8. The quantitative estimate of drug-likeness (QED) is 0.431. The molecule has 2 aromatic rings. The lowest BCUT2D eigenvalue weighted by Crippen LogP contribution is -2.15. The van der Waals surface area contributed by atoms with E-state index in [4.69, 9.17) is 4.74 Å². The van der Waals surface area contributed by atoms with Crippen molar-refractivity contribution in [1.29, 1.82) is 0 Å². The molecule has 0 heterocycles. The average Bonchev–Trinajstić information content (AvgIpc) is 2.59. The Balaban J connectivity index is 1.86. The number of hydrogen-bond donors (Lipinski definition) is 0. The van der Waals surface area contributed by atoms with Gasteiger partial charge in [-0.15, -0.1) is 11.8 Å². The number of ketones is 1. The van der Waals surface area contributed by atoms with Crippen LogP contribution in [0, 0.1) is 0 Å². The van der Waals surface area contributed by atoms with Crippen LogP contribution in [0.1, 0.15) is 21.5 Å². The lowest BCUT2D eigenvalue weighted by atomic mass is 10.1. The monoisotopic (exact) mass is 368 g/mol. The first-order valence-corrected chi connectivity index (χ1v) is 8.51. The third kappa shape index (κ3) is 5.63. The zero-order valence-corrected chi connectivity index (χ0v) is 14.1. The van der Waals surface area contributed by atoms with Crippen molar-refractivity contribution in [2.75, 3.05) is 12.9 Å². The second-order valence-electron chi connectivity index (χ2n) is 5.18. The lowest BCUT2D eigenvalue weighted by molar-refractivity contribution is -0.141. The molecule has 0 amide bonds. The number of Topliss-reactive ketones (excluding diaryl/α,β-unsaturated/α-hetero) is 1. The van der Waals surface area contributed by atoms with Crippen LogP contribution < -0.4 is 0 Å². The van der Waals surface area contributed by atoms with Gasteiger partial charge in [0, 0.05) is 10.5 Å². The van der Waals surface area contributed by atoms with E-state index in [9.17, 15) is 22.8 Å². The molecule has 0 unspecified atom stereocenters. The minimum absolute atomic E-state index is 0.198. The molecule has 25 heavy (non-hydrogen) atoms. The van der Waals surface area contributed by atoms with E-state index in [1.165, 1.54) is 12.1 Å². The van der Waals surface area contributed by atoms with Gasteiger partial charge in [-0.3, -0.25) is 9.59 Å². The molecular formula is C18H15F3O3S. The number of carbonyl (C=O) groups excluding carboxylic acids is 2. The predicted octanol–water partition coefficient (Wildman–Crippen LogP) is 4.40. The number of alkyl halides is 3. The zero-order valence-electron chi connectivity index (χ0n) is 13.3. The molecule has 0 N–H and O–H groups in total. The molecule has 0 saturated heterocycles. The number of thioether (sulfide) groups is 1. The van der Waals surface area contributed by atoms with E-state index in [-0.39, 0.29) is 12.2 Å². The standard InChI is InChI=1S/C18H15F3O3S/c1-25-15-8-4-13(5-9-15)16(22)11-24-17(23)10-12-2-6-14(7-3-12)18(19,20)21/h2-9H,10-11H2,1H3. The van der Waals surface area contributed by atoms with Crippen molar-refractivity contribution in [3.8, 4) is 0 Å². The van der Waals surface area contributed by atoms with Gasteiger partial charge in [0.05, 0.1) is 12.0 Å².